The summed E-state index contributed by atoms with van der Waals surface area (Å²) in [4.78, 5) is 13.3. The summed E-state index contributed by atoms with van der Waals surface area (Å²) < 4.78 is 0. The Morgan fingerprint density at radius 1 is 1.42 bits per heavy atom. The van der Waals surface area contributed by atoms with Gasteiger partial charge in [-0.1, -0.05) is 0 Å². The van der Waals surface area contributed by atoms with Gasteiger partial charge in [0.15, 0.2) is 0 Å². The van der Waals surface area contributed by atoms with E-state index in [1.54, 1.807) is 0 Å². The molecule has 0 bridgehead atoms. The minimum atomic E-state index is 0.0745. The van der Waals surface area contributed by atoms with Crippen molar-refractivity contribution in [1.29, 1.82) is 0 Å². The first-order chi connectivity index (χ1) is 5.77. The lowest BCUT2D eigenvalue weighted by atomic mass is 10.4. The number of nitrogens with one attached hydrogen (secondary N) is 1. The highest BCUT2D eigenvalue weighted by Crippen LogP contribution is 2.18. The van der Waals surface area contributed by atoms with Crippen molar-refractivity contribution < 1.29 is 4.79 Å². The van der Waals surface area contributed by atoms with Gasteiger partial charge in [0.05, 0.1) is 0 Å². The van der Waals surface area contributed by atoms with Crippen molar-refractivity contribution in [3.05, 3.63) is 0 Å². The van der Waals surface area contributed by atoms with Gasteiger partial charge < -0.3 is 16.0 Å². The zero-order valence-electron chi connectivity index (χ0n) is 7.12. The minimum Gasteiger partial charge on any atom is -0.334 e. The number of nitrogens with two attached hydrogens (primary N) is 1. The second kappa shape index (κ2) is 2.94. The van der Waals surface area contributed by atoms with Gasteiger partial charge in [0.1, 0.15) is 0 Å². The molecule has 1 heterocycles. The molecule has 0 radical (unpaired) electrons. The van der Waals surface area contributed by atoms with Gasteiger partial charge in [-0.2, -0.15) is 0 Å². The summed E-state index contributed by atoms with van der Waals surface area (Å²) in [7, 11) is 0. The van der Waals surface area contributed by atoms with Crippen LogP contribution < -0.4 is 11.1 Å². The molecule has 2 amide bonds. The molecular weight excluding hydrogens is 154 g/mol. The smallest absolute Gasteiger partial charge is 0.317 e. The summed E-state index contributed by atoms with van der Waals surface area (Å²) >= 11 is 0. The van der Waals surface area contributed by atoms with Crippen LogP contribution in [0.2, 0.25) is 0 Å². The maximum atomic E-state index is 11.4. The summed E-state index contributed by atoms with van der Waals surface area (Å²) in [6.45, 7) is 1.82. The van der Waals surface area contributed by atoms with E-state index in [0.717, 1.165) is 32.4 Å². The number of carbonyl (C=O) groups excluding carboxylic acids is 1. The predicted octanol–water partition coefficient (Wildman–Crippen LogP) is -0.109. The molecule has 12 heavy (non-hydrogen) atoms. The van der Waals surface area contributed by atoms with E-state index in [2.05, 4.69) is 5.32 Å². The molecule has 2 rings (SSSR count). The summed E-state index contributed by atoms with van der Waals surface area (Å²) in [5.74, 6) is 0. The van der Waals surface area contributed by atoms with Crippen LogP contribution in [0.5, 0.6) is 0 Å². The zero-order valence-corrected chi connectivity index (χ0v) is 7.12. The molecule has 4 nitrogen and oxygen atoms in total. The largest absolute Gasteiger partial charge is 0.334 e. The number of carbonyl (C=O) groups is 1. The quantitative estimate of drug-likeness (QED) is 0.575. The molecule has 2 fully saturated rings. The normalized spacial score (nSPS) is 33.6. The van der Waals surface area contributed by atoms with E-state index in [-0.39, 0.29) is 18.1 Å². The molecule has 2 aliphatic rings. The molecule has 1 saturated carbocycles. The van der Waals surface area contributed by atoms with Gasteiger partial charge in [0.2, 0.25) is 0 Å². The van der Waals surface area contributed by atoms with Crippen molar-refractivity contribution in [3.63, 3.8) is 0 Å². The van der Waals surface area contributed by atoms with E-state index in [0.29, 0.717) is 0 Å². The first-order valence-corrected chi connectivity index (χ1v) is 4.58. The molecular formula is C8H15N3O. The fourth-order valence-electron chi connectivity index (χ4n) is 1.55. The molecule has 3 N–H and O–H groups in total. The van der Waals surface area contributed by atoms with Gasteiger partial charge >= 0.3 is 6.03 Å². The number of amides is 2. The van der Waals surface area contributed by atoms with Crippen LogP contribution in [0.15, 0.2) is 0 Å². The topological polar surface area (TPSA) is 58.4 Å². The van der Waals surface area contributed by atoms with Gasteiger partial charge in [-0.05, 0) is 19.3 Å². The van der Waals surface area contributed by atoms with Crippen LogP contribution in [-0.4, -0.2) is 36.1 Å². The Kier molecular flexibility index (Phi) is 1.92. The van der Waals surface area contributed by atoms with Crippen LogP contribution in [0.3, 0.4) is 0 Å². The van der Waals surface area contributed by atoms with Crippen molar-refractivity contribution >= 4 is 6.03 Å². The number of hydrogen-bond acceptors (Lipinski definition) is 2. The van der Waals surface area contributed by atoms with Crippen LogP contribution in [0.25, 0.3) is 0 Å². The molecule has 2 atom stereocenters. The van der Waals surface area contributed by atoms with Gasteiger partial charge in [-0.15, -0.1) is 0 Å². The maximum absolute atomic E-state index is 11.4. The van der Waals surface area contributed by atoms with Gasteiger partial charge in [-0.3, -0.25) is 0 Å². The van der Waals surface area contributed by atoms with E-state index in [4.69, 9.17) is 5.73 Å². The molecule has 4 heteroatoms. The Bertz CT molecular complexity index is 189. The second-order valence-corrected chi connectivity index (χ2v) is 3.65. The van der Waals surface area contributed by atoms with Crippen LogP contribution in [0.4, 0.5) is 4.79 Å². The molecule has 0 aromatic heterocycles. The third-order valence-corrected chi connectivity index (χ3v) is 2.54. The van der Waals surface area contributed by atoms with Gasteiger partial charge in [0.25, 0.3) is 0 Å². The highest BCUT2D eigenvalue weighted by Gasteiger charge is 2.35. The lowest BCUT2D eigenvalue weighted by Gasteiger charge is -2.15. The Labute approximate surface area is 72.1 Å². The first kappa shape index (κ1) is 7.86. The Hall–Kier alpha value is -0.770. The highest BCUT2D eigenvalue weighted by molar-refractivity contribution is 5.75. The van der Waals surface area contributed by atoms with Crippen LogP contribution in [-0.2, 0) is 0 Å². The SMILES string of the molecule is NC1CC1NC(=O)N1CCCC1. The van der Waals surface area contributed by atoms with E-state index in [9.17, 15) is 4.79 Å². The van der Waals surface area contributed by atoms with Crippen molar-refractivity contribution in [3.8, 4) is 0 Å². The van der Waals surface area contributed by atoms with Crippen LogP contribution in [0, 0.1) is 0 Å². The predicted molar refractivity (Wildman–Crippen MR) is 45.7 cm³/mol. The average molecular weight is 169 g/mol. The molecule has 1 saturated heterocycles. The molecule has 0 aromatic rings. The second-order valence-electron chi connectivity index (χ2n) is 3.65. The van der Waals surface area contributed by atoms with Crippen LogP contribution in [0.1, 0.15) is 19.3 Å². The van der Waals surface area contributed by atoms with E-state index < -0.39 is 0 Å². The van der Waals surface area contributed by atoms with E-state index in [1.165, 1.54) is 0 Å². The Morgan fingerprint density at radius 3 is 2.50 bits per heavy atom. The number of urea groups is 1. The highest BCUT2D eigenvalue weighted by atomic mass is 16.2. The van der Waals surface area contributed by atoms with Gasteiger partial charge in [-0.25, -0.2) is 4.79 Å². The third-order valence-electron chi connectivity index (χ3n) is 2.54. The minimum absolute atomic E-state index is 0.0745. The van der Waals surface area contributed by atoms with Crippen molar-refractivity contribution in [2.75, 3.05) is 13.1 Å². The molecule has 1 aliphatic carbocycles. The average Bonchev–Trinajstić information content (AvgIpc) is 2.58. The summed E-state index contributed by atoms with van der Waals surface area (Å²) in [6.07, 6.45) is 3.23. The van der Waals surface area contributed by atoms with Crippen molar-refractivity contribution in [2.45, 2.75) is 31.3 Å². The number of rotatable bonds is 1. The molecule has 2 unspecified atom stereocenters. The van der Waals surface area contributed by atoms with Crippen molar-refractivity contribution in [2.24, 2.45) is 5.73 Å². The fraction of sp³-hybridized carbons (Fsp3) is 0.875. The Balaban J connectivity index is 1.76. The first-order valence-electron chi connectivity index (χ1n) is 4.58. The molecule has 0 aromatic carbocycles. The lowest BCUT2D eigenvalue weighted by molar-refractivity contribution is 0.208. The number of likely N-dealkylation sites (tertiary alicyclic amines) is 1. The summed E-state index contributed by atoms with van der Waals surface area (Å²) in [5.41, 5.74) is 5.58. The van der Waals surface area contributed by atoms with Crippen LogP contribution >= 0.6 is 0 Å². The zero-order chi connectivity index (χ0) is 8.55. The lowest BCUT2D eigenvalue weighted by Crippen LogP contribution is -2.40. The number of hydrogen-bond donors (Lipinski definition) is 2. The van der Waals surface area contributed by atoms with E-state index in [1.807, 2.05) is 4.90 Å². The van der Waals surface area contributed by atoms with E-state index >= 15 is 0 Å². The maximum Gasteiger partial charge on any atom is 0.317 e. The molecule has 68 valence electrons. The molecule has 0 spiro atoms. The monoisotopic (exact) mass is 169 g/mol. The number of nitrogens with zero attached hydrogens (tertiary/aromatic N) is 1. The van der Waals surface area contributed by atoms with Gasteiger partial charge in [0, 0.05) is 25.2 Å². The third kappa shape index (κ3) is 1.53. The Morgan fingerprint density at radius 2 is 2.00 bits per heavy atom. The molecule has 1 aliphatic heterocycles. The van der Waals surface area contributed by atoms with Crippen molar-refractivity contribution in [1.82, 2.24) is 10.2 Å². The summed E-state index contributed by atoms with van der Waals surface area (Å²) in [6, 6.07) is 0.528. The standard InChI is InChI=1S/C8H15N3O/c9-6-5-7(6)10-8(12)11-3-1-2-4-11/h6-7H,1-5,9H2,(H,10,12). The fourth-order valence-corrected chi connectivity index (χ4v) is 1.55. The summed E-state index contributed by atoms with van der Waals surface area (Å²) in [5, 5.41) is 2.91.